The summed E-state index contributed by atoms with van der Waals surface area (Å²) in [5, 5.41) is 8.45. The maximum absolute atomic E-state index is 12.5. The van der Waals surface area contributed by atoms with E-state index in [0.717, 1.165) is 36.2 Å². The number of nitrogens with zero attached hydrogens (tertiary/aromatic N) is 1. The van der Waals surface area contributed by atoms with Crippen molar-refractivity contribution >= 4 is 23.1 Å². The average Bonchev–Trinajstić information content (AvgIpc) is 3.18. The topological polar surface area (TPSA) is 44.4 Å². The number of anilines is 1. The molecule has 2 fully saturated rings. The monoisotopic (exact) mass is 369 g/mol. The number of para-hydroxylation sites is 1. The highest BCUT2D eigenvalue weighted by molar-refractivity contribution is 7.09. The summed E-state index contributed by atoms with van der Waals surface area (Å²) in [5.74, 6) is 0. The van der Waals surface area contributed by atoms with Crippen LogP contribution in [-0.2, 0) is 6.54 Å². The minimum absolute atomic E-state index is 0.0708. The van der Waals surface area contributed by atoms with E-state index in [4.69, 9.17) is 0 Å². The van der Waals surface area contributed by atoms with Gasteiger partial charge in [-0.1, -0.05) is 24.3 Å². The van der Waals surface area contributed by atoms with Gasteiger partial charge in [0.25, 0.3) is 0 Å². The van der Waals surface area contributed by atoms with Gasteiger partial charge in [0.1, 0.15) is 0 Å². The Balaban J connectivity index is 1.35. The van der Waals surface area contributed by atoms with Crippen LogP contribution in [-0.4, -0.2) is 29.1 Å². The Hall–Kier alpha value is -1.85. The Kier molecular flexibility index (Phi) is 5.00. The number of urea groups is 1. The number of piperidine rings is 1. The molecule has 0 spiro atoms. The normalized spacial score (nSPS) is 25.2. The van der Waals surface area contributed by atoms with Gasteiger partial charge in [0.15, 0.2) is 0 Å². The Bertz CT molecular complexity index is 739. The average molecular weight is 370 g/mol. The third kappa shape index (κ3) is 3.64. The number of benzene rings is 1. The van der Waals surface area contributed by atoms with Crippen molar-refractivity contribution in [3.05, 3.63) is 51.7 Å². The van der Waals surface area contributed by atoms with Gasteiger partial charge < -0.3 is 10.6 Å². The second-order valence-corrected chi connectivity index (χ2v) is 8.70. The van der Waals surface area contributed by atoms with Gasteiger partial charge in [-0.25, -0.2) is 4.79 Å². The van der Waals surface area contributed by atoms with Gasteiger partial charge in [0.05, 0.1) is 0 Å². The molecule has 2 aromatic rings. The lowest BCUT2D eigenvalue weighted by molar-refractivity contribution is 0.113. The summed E-state index contributed by atoms with van der Waals surface area (Å²) >= 11 is 1.84. The highest BCUT2D eigenvalue weighted by atomic mass is 32.1. The molecule has 2 N–H and O–H groups in total. The molecule has 0 unspecified atom stereocenters. The van der Waals surface area contributed by atoms with Crippen LogP contribution >= 0.6 is 11.3 Å². The fourth-order valence-corrected chi connectivity index (χ4v) is 5.29. The largest absolute Gasteiger partial charge is 0.335 e. The van der Waals surface area contributed by atoms with Crippen molar-refractivity contribution in [2.45, 2.75) is 64.2 Å². The second kappa shape index (κ2) is 7.41. The zero-order valence-electron chi connectivity index (χ0n) is 15.5. The molecule has 2 atom stereocenters. The Morgan fingerprint density at radius 3 is 2.42 bits per heavy atom. The van der Waals surface area contributed by atoms with Crippen molar-refractivity contribution in [2.75, 3.05) is 5.32 Å². The molecule has 2 bridgehead atoms. The number of thiophene rings is 1. The van der Waals surface area contributed by atoms with Gasteiger partial charge in [-0.05, 0) is 62.1 Å². The highest BCUT2D eigenvalue weighted by Gasteiger charge is 2.41. The highest BCUT2D eigenvalue weighted by Crippen LogP contribution is 2.37. The zero-order chi connectivity index (χ0) is 18.1. The van der Waals surface area contributed by atoms with E-state index >= 15 is 0 Å². The SMILES string of the molecule is Cc1cccc(C)c1NC(=O)NC1C[C@H]2CC[C@H](C1)N2Cc1cccs1. The minimum Gasteiger partial charge on any atom is -0.335 e. The van der Waals surface area contributed by atoms with Crippen LogP contribution in [0.5, 0.6) is 0 Å². The van der Waals surface area contributed by atoms with E-state index in [1.165, 1.54) is 17.7 Å². The lowest BCUT2D eigenvalue weighted by Crippen LogP contribution is -2.50. The number of rotatable bonds is 4. The molecule has 0 saturated carbocycles. The number of amides is 2. The summed E-state index contributed by atoms with van der Waals surface area (Å²) in [7, 11) is 0. The Labute approximate surface area is 159 Å². The molecule has 2 amide bonds. The number of hydrogen-bond acceptors (Lipinski definition) is 3. The summed E-state index contributed by atoms with van der Waals surface area (Å²) in [4.78, 5) is 16.6. The van der Waals surface area contributed by atoms with Gasteiger partial charge in [-0.2, -0.15) is 0 Å². The number of carbonyl (C=O) groups excluding carboxylic acids is 1. The van der Waals surface area contributed by atoms with Gasteiger partial charge in [-0.15, -0.1) is 11.3 Å². The molecular weight excluding hydrogens is 342 g/mol. The quantitative estimate of drug-likeness (QED) is 0.822. The first kappa shape index (κ1) is 17.6. The van der Waals surface area contributed by atoms with Gasteiger partial charge in [0, 0.05) is 35.2 Å². The summed E-state index contributed by atoms with van der Waals surface area (Å²) in [5.41, 5.74) is 3.14. The molecule has 1 aromatic carbocycles. The minimum atomic E-state index is -0.0708. The molecule has 3 heterocycles. The molecule has 2 aliphatic rings. The van der Waals surface area contributed by atoms with Crippen LogP contribution in [0.4, 0.5) is 10.5 Å². The summed E-state index contributed by atoms with van der Waals surface area (Å²) in [6.45, 7) is 5.13. The first-order chi connectivity index (χ1) is 12.6. The lowest BCUT2D eigenvalue weighted by atomic mass is 9.97. The van der Waals surface area contributed by atoms with Crippen LogP contribution in [0.2, 0.25) is 0 Å². The van der Waals surface area contributed by atoms with E-state index in [1.807, 2.05) is 43.4 Å². The van der Waals surface area contributed by atoms with Crippen LogP contribution in [0, 0.1) is 13.8 Å². The fraction of sp³-hybridized carbons (Fsp3) is 0.476. The van der Waals surface area contributed by atoms with E-state index in [1.54, 1.807) is 0 Å². The van der Waals surface area contributed by atoms with Crippen LogP contribution in [0.15, 0.2) is 35.7 Å². The predicted octanol–water partition coefficient (Wildman–Crippen LogP) is 4.68. The molecule has 0 aliphatic carbocycles. The number of aryl methyl sites for hydroxylation is 2. The molecule has 26 heavy (non-hydrogen) atoms. The molecule has 0 radical (unpaired) electrons. The Morgan fingerprint density at radius 2 is 1.81 bits per heavy atom. The molecule has 5 heteroatoms. The van der Waals surface area contributed by atoms with Crippen molar-refractivity contribution in [2.24, 2.45) is 0 Å². The third-order valence-electron chi connectivity index (χ3n) is 5.86. The molecule has 2 saturated heterocycles. The van der Waals surface area contributed by atoms with E-state index in [9.17, 15) is 4.79 Å². The summed E-state index contributed by atoms with van der Waals surface area (Å²) in [6, 6.07) is 11.9. The van der Waals surface area contributed by atoms with Crippen molar-refractivity contribution in [1.82, 2.24) is 10.2 Å². The molecule has 138 valence electrons. The number of hydrogen-bond donors (Lipinski definition) is 2. The van der Waals surface area contributed by atoms with E-state index in [0.29, 0.717) is 12.1 Å². The van der Waals surface area contributed by atoms with Gasteiger partial charge in [-0.3, -0.25) is 4.90 Å². The summed E-state index contributed by atoms with van der Waals surface area (Å²) < 4.78 is 0. The second-order valence-electron chi connectivity index (χ2n) is 7.67. The molecule has 4 rings (SSSR count). The Morgan fingerprint density at radius 1 is 1.12 bits per heavy atom. The van der Waals surface area contributed by atoms with Crippen LogP contribution < -0.4 is 10.6 Å². The van der Waals surface area contributed by atoms with Crippen molar-refractivity contribution < 1.29 is 4.79 Å². The fourth-order valence-electron chi connectivity index (χ4n) is 4.58. The molecule has 1 aromatic heterocycles. The van der Waals surface area contributed by atoms with Crippen LogP contribution in [0.25, 0.3) is 0 Å². The van der Waals surface area contributed by atoms with Crippen molar-refractivity contribution in [3.8, 4) is 0 Å². The maximum atomic E-state index is 12.5. The van der Waals surface area contributed by atoms with Crippen molar-refractivity contribution in [3.63, 3.8) is 0 Å². The van der Waals surface area contributed by atoms with Crippen molar-refractivity contribution in [1.29, 1.82) is 0 Å². The smallest absolute Gasteiger partial charge is 0.319 e. The zero-order valence-corrected chi connectivity index (χ0v) is 16.3. The van der Waals surface area contributed by atoms with E-state index < -0.39 is 0 Å². The van der Waals surface area contributed by atoms with Crippen LogP contribution in [0.1, 0.15) is 41.7 Å². The number of carbonyl (C=O) groups is 1. The number of nitrogens with one attached hydrogen (secondary N) is 2. The van der Waals surface area contributed by atoms with Gasteiger partial charge in [0.2, 0.25) is 0 Å². The lowest BCUT2D eigenvalue weighted by Gasteiger charge is -2.39. The van der Waals surface area contributed by atoms with E-state index in [2.05, 4.69) is 33.0 Å². The van der Waals surface area contributed by atoms with E-state index in [-0.39, 0.29) is 12.1 Å². The van der Waals surface area contributed by atoms with Gasteiger partial charge >= 0.3 is 6.03 Å². The maximum Gasteiger partial charge on any atom is 0.319 e. The molecule has 4 nitrogen and oxygen atoms in total. The van der Waals surface area contributed by atoms with Crippen LogP contribution in [0.3, 0.4) is 0 Å². The first-order valence-corrected chi connectivity index (χ1v) is 10.4. The predicted molar refractivity (Wildman–Crippen MR) is 108 cm³/mol. The molecular formula is C21H27N3OS. The third-order valence-corrected chi connectivity index (χ3v) is 6.72. The summed E-state index contributed by atoms with van der Waals surface area (Å²) in [6.07, 6.45) is 4.63. The standard InChI is InChI=1S/C21H27N3OS/c1-14-5-3-6-15(2)20(14)23-21(25)22-16-11-17-8-9-18(12-16)24(17)13-19-7-4-10-26-19/h3-7,10,16-18H,8-9,11-13H2,1-2H3,(H2,22,23,25)/t17-,18-/m1/s1. The number of fused-ring (bicyclic) bond motifs is 2. The molecule has 2 aliphatic heterocycles. The first-order valence-electron chi connectivity index (χ1n) is 9.52.